The highest BCUT2D eigenvalue weighted by Gasteiger charge is 2.49. The van der Waals surface area contributed by atoms with Crippen molar-refractivity contribution in [2.75, 3.05) is 13.1 Å². The van der Waals surface area contributed by atoms with Crippen LogP contribution in [0.4, 0.5) is 0 Å². The van der Waals surface area contributed by atoms with Crippen LogP contribution in [0.15, 0.2) is 59.7 Å². The van der Waals surface area contributed by atoms with Crippen LogP contribution in [0, 0.1) is 17.8 Å². The highest BCUT2D eigenvalue weighted by molar-refractivity contribution is 6.07. The van der Waals surface area contributed by atoms with Crippen LogP contribution >= 0.6 is 0 Å². The molecule has 1 unspecified atom stereocenters. The number of carbonyl (C=O) groups excluding carboxylic acids is 2. The highest BCUT2D eigenvalue weighted by Crippen LogP contribution is 2.42. The first-order valence-corrected chi connectivity index (χ1v) is 15.7. The molecule has 3 fully saturated rings. The van der Waals surface area contributed by atoms with Gasteiger partial charge in [0, 0.05) is 24.9 Å². The summed E-state index contributed by atoms with van der Waals surface area (Å²) < 4.78 is 0. The zero-order valence-electron chi connectivity index (χ0n) is 23.8. The Balaban J connectivity index is 1.13. The van der Waals surface area contributed by atoms with Gasteiger partial charge in [0.25, 0.3) is 11.8 Å². The number of nitrogens with zero attached hydrogens (tertiary/aromatic N) is 3. The normalized spacial score (nSPS) is 24.4. The molecule has 0 radical (unpaired) electrons. The van der Waals surface area contributed by atoms with Crippen molar-refractivity contribution < 1.29 is 9.59 Å². The molecule has 2 aromatic rings. The van der Waals surface area contributed by atoms with E-state index in [1.165, 1.54) is 64.2 Å². The first kappa shape index (κ1) is 27.0. The highest BCUT2D eigenvalue weighted by atomic mass is 16.2. The first-order valence-electron chi connectivity index (χ1n) is 15.7. The van der Waals surface area contributed by atoms with Gasteiger partial charge in [-0.3, -0.25) is 14.5 Å². The number of hydrogen-bond donors (Lipinski definition) is 1. The molecule has 2 amide bonds. The Morgan fingerprint density at radius 2 is 1.55 bits per heavy atom. The molecule has 6 heteroatoms. The number of amides is 2. The van der Waals surface area contributed by atoms with Crippen molar-refractivity contribution in [1.82, 2.24) is 9.80 Å². The van der Waals surface area contributed by atoms with Gasteiger partial charge in [-0.05, 0) is 59.9 Å². The third-order valence-corrected chi connectivity index (χ3v) is 9.91. The van der Waals surface area contributed by atoms with E-state index in [4.69, 9.17) is 10.7 Å². The number of guanidine groups is 1. The summed E-state index contributed by atoms with van der Waals surface area (Å²) in [5.41, 5.74) is 6.50. The summed E-state index contributed by atoms with van der Waals surface area (Å²) in [5.74, 6) is 1.79. The van der Waals surface area contributed by atoms with Crippen LogP contribution in [0.25, 0.3) is 10.8 Å². The van der Waals surface area contributed by atoms with Gasteiger partial charge in [0.2, 0.25) is 5.96 Å². The maximum Gasteiger partial charge on any atom is 0.261 e. The number of nitrogens with two attached hydrogens (primary N) is 1. The van der Waals surface area contributed by atoms with Gasteiger partial charge in [0.1, 0.15) is 5.54 Å². The first-order chi connectivity index (χ1) is 19.5. The number of likely N-dealkylation sites (tertiary alicyclic amines) is 1. The van der Waals surface area contributed by atoms with Crippen molar-refractivity contribution in [2.45, 2.75) is 89.0 Å². The summed E-state index contributed by atoms with van der Waals surface area (Å²) in [6.45, 7) is 1.36. The van der Waals surface area contributed by atoms with E-state index in [1.807, 2.05) is 47.5 Å². The number of fused-ring (bicyclic) bond motifs is 1. The lowest BCUT2D eigenvalue weighted by Crippen LogP contribution is -2.44. The molecule has 6 nitrogen and oxygen atoms in total. The molecule has 2 N–H and O–H groups in total. The summed E-state index contributed by atoms with van der Waals surface area (Å²) >= 11 is 0. The van der Waals surface area contributed by atoms with E-state index in [0.717, 1.165) is 35.6 Å². The average Bonchev–Trinajstić information content (AvgIpc) is 3.54. The van der Waals surface area contributed by atoms with Crippen molar-refractivity contribution >= 4 is 28.5 Å². The van der Waals surface area contributed by atoms with Gasteiger partial charge in [-0.25, -0.2) is 4.99 Å². The summed E-state index contributed by atoms with van der Waals surface area (Å²) in [6.07, 6.45) is 19.0. The Bertz CT molecular complexity index is 1270. The van der Waals surface area contributed by atoms with E-state index in [9.17, 15) is 9.59 Å². The topological polar surface area (TPSA) is 79.0 Å². The number of hydrogen-bond acceptors (Lipinski definition) is 4. The Labute approximate surface area is 238 Å². The van der Waals surface area contributed by atoms with Crippen LogP contribution in [0.5, 0.6) is 0 Å². The molecule has 2 heterocycles. The molecule has 2 aliphatic carbocycles. The molecular weight excluding hydrogens is 496 g/mol. The monoisotopic (exact) mass is 540 g/mol. The molecule has 2 aromatic carbocycles. The Morgan fingerprint density at radius 3 is 2.23 bits per heavy atom. The van der Waals surface area contributed by atoms with Gasteiger partial charge in [-0.1, -0.05) is 101 Å². The predicted molar refractivity (Wildman–Crippen MR) is 161 cm³/mol. The summed E-state index contributed by atoms with van der Waals surface area (Å²) in [7, 11) is 0. The molecule has 1 saturated heterocycles. The lowest BCUT2D eigenvalue weighted by molar-refractivity contribution is -0.131. The minimum Gasteiger partial charge on any atom is -0.369 e. The maximum atomic E-state index is 14.1. The Morgan fingerprint density at radius 1 is 0.900 bits per heavy atom. The SMILES string of the molecule is NC1=NC(CC2CCCCC2)(CC2CCCCC2)C(=O)N1/C=C/C1CCN(C(=O)c2ccc3ccccc3c2)C1. The molecule has 1 atom stereocenters. The lowest BCUT2D eigenvalue weighted by atomic mass is 9.73. The van der Waals surface area contributed by atoms with E-state index in [1.54, 1.807) is 4.90 Å². The minimum absolute atomic E-state index is 0.0685. The molecular formula is C34H44N4O2. The lowest BCUT2D eigenvalue weighted by Gasteiger charge is -2.35. The zero-order chi connectivity index (χ0) is 27.5. The van der Waals surface area contributed by atoms with Crippen LogP contribution in [0.3, 0.4) is 0 Å². The second-order valence-corrected chi connectivity index (χ2v) is 12.8. The molecule has 6 rings (SSSR count). The number of rotatable bonds is 7. The van der Waals surface area contributed by atoms with Gasteiger partial charge >= 0.3 is 0 Å². The molecule has 4 aliphatic rings. The smallest absolute Gasteiger partial charge is 0.261 e. The summed E-state index contributed by atoms with van der Waals surface area (Å²) in [5, 5.41) is 2.22. The van der Waals surface area contributed by atoms with Crippen LogP contribution in [-0.2, 0) is 4.79 Å². The van der Waals surface area contributed by atoms with Gasteiger partial charge in [0.15, 0.2) is 0 Å². The predicted octanol–water partition coefficient (Wildman–Crippen LogP) is 6.65. The van der Waals surface area contributed by atoms with E-state index in [2.05, 4.69) is 12.1 Å². The van der Waals surface area contributed by atoms with E-state index < -0.39 is 5.54 Å². The maximum absolute atomic E-state index is 14.1. The number of benzene rings is 2. The van der Waals surface area contributed by atoms with Gasteiger partial charge < -0.3 is 10.6 Å². The fraction of sp³-hybridized carbons (Fsp3) is 0.559. The second kappa shape index (κ2) is 11.8. The van der Waals surface area contributed by atoms with E-state index in [-0.39, 0.29) is 17.7 Å². The number of carbonyl (C=O) groups is 2. The van der Waals surface area contributed by atoms with Crippen LogP contribution in [0.1, 0.15) is 93.8 Å². The van der Waals surface area contributed by atoms with Gasteiger partial charge in [-0.15, -0.1) is 0 Å². The fourth-order valence-corrected chi connectivity index (χ4v) is 7.72. The van der Waals surface area contributed by atoms with Crippen LogP contribution < -0.4 is 5.73 Å². The van der Waals surface area contributed by atoms with Gasteiger partial charge in [-0.2, -0.15) is 0 Å². The third-order valence-electron chi connectivity index (χ3n) is 9.91. The van der Waals surface area contributed by atoms with E-state index >= 15 is 0 Å². The Kier molecular flexibility index (Phi) is 7.95. The summed E-state index contributed by atoms with van der Waals surface area (Å²) in [6, 6.07) is 14.0. The largest absolute Gasteiger partial charge is 0.369 e. The molecule has 0 spiro atoms. The molecule has 212 valence electrons. The zero-order valence-corrected chi connectivity index (χ0v) is 23.8. The van der Waals surface area contributed by atoms with Crippen molar-refractivity contribution in [2.24, 2.45) is 28.5 Å². The van der Waals surface area contributed by atoms with Crippen LogP contribution in [0.2, 0.25) is 0 Å². The van der Waals surface area contributed by atoms with Crippen molar-refractivity contribution in [1.29, 1.82) is 0 Å². The molecule has 2 saturated carbocycles. The van der Waals surface area contributed by atoms with E-state index in [0.29, 0.717) is 30.9 Å². The second-order valence-electron chi connectivity index (χ2n) is 12.8. The quantitative estimate of drug-likeness (QED) is 0.427. The van der Waals surface area contributed by atoms with Crippen molar-refractivity contribution in [3.63, 3.8) is 0 Å². The molecule has 0 aromatic heterocycles. The minimum atomic E-state index is -0.702. The number of aliphatic imine (C=N–C) groups is 1. The van der Waals surface area contributed by atoms with Crippen molar-refractivity contribution in [3.05, 3.63) is 60.3 Å². The van der Waals surface area contributed by atoms with Crippen molar-refractivity contribution in [3.8, 4) is 0 Å². The fourth-order valence-electron chi connectivity index (χ4n) is 7.72. The molecule has 0 bridgehead atoms. The third kappa shape index (κ3) is 5.68. The standard InChI is InChI=1S/C34H44N4O2/c35-33-36-34(22-25-9-3-1-4-10-25,23-26-11-5-2-6-12-26)32(40)38(33)20-18-27-17-19-37(24-27)31(39)30-16-15-28-13-7-8-14-29(28)21-30/h7-8,13-16,18,20-21,25-27H,1-6,9-12,17,19,22-24H2,(H2,35,36)/b20-18+. The van der Waals surface area contributed by atoms with Crippen LogP contribution in [-0.4, -0.2) is 46.2 Å². The summed E-state index contributed by atoms with van der Waals surface area (Å²) in [4.78, 5) is 35.9. The van der Waals surface area contributed by atoms with Gasteiger partial charge in [0.05, 0.1) is 0 Å². The molecule has 40 heavy (non-hydrogen) atoms. The Hall–Kier alpha value is -3.15. The average molecular weight is 541 g/mol. The molecule has 2 aliphatic heterocycles.